The maximum Gasteiger partial charge on any atom is 0.330 e. The van der Waals surface area contributed by atoms with E-state index in [-0.39, 0.29) is 12.1 Å². The van der Waals surface area contributed by atoms with Crippen LogP contribution in [0.3, 0.4) is 0 Å². The number of thiocyanates is 1. The van der Waals surface area contributed by atoms with E-state index in [0.717, 1.165) is 25.9 Å². The van der Waals surface area contributed by atoms with Crippen molar-refractivity contribution >= 4 is 17.9 Å². The number of rotatable bonds is 16. The standard InChI is InChI=1S/C26H38N3O2S/c1-3-25(30)31-22-16-11-9-7-5-6-8-10-15-19-28-20-21-29(4-2,32-23-27)26(28)24-17-13-12-14-18-24/h3,12-14,17-18,20-21,26H,1,4-11,15-16,19,22H2,2H3/q+1. The minimum absolute atomic E-state index is 0.164. The number of carbonyl (C=O) groups excluding carboxylic acids is 1. The summed E-state index contributed by atoms with van der Waals surface area (Å²) in [6.45, 7) is 7.95. The summed E-state index contributed by atoms with van der Waals surface area (Å²) in [6, 6.07) is 10.6. The first-order chi connectivity index (χ1) is 15.7. The SMILES string of the molecule is C=CC(=O)OCCCCCCCCCCCN1C=C[N+](CC)(SC#N)C1c1ccccc1. The van der Waals surface area contributed by atoms with Crippen molar-refractivity contribution in [3.05, 3.63) is 61.0 Å². The molecule has 6 heteroatoms. The number of nitriles is 1. The topological polar surface area (TPSA) is 53.3 Å². The first-order valence-corrected chi connectivity index (χ1v) is 12.7. The number of unbranched alkanes of at least 4 members (excludes halogenated alkanes) is 8. The molecule has 0 N–H and O–H groups in total. The Balaban J connectivity index is 1.64. The predicted octanol–water partition coefficient (Wildman–Crippen LogP) is 6.68. The largest absolute Gasteiger partial charge is 0.463 e. The molecule has 2 atom stereocenters. The van der Waals surface area contributed by atoms with E-state index in [2.05, 4.69) is 60.5 Å². The van der Waals surface area contributed by atoms with Gasteiger partial charge in [0.25, 0.3) is 0 Å². The smallest absolute Gasteiger partial charge is 0.330 e. The molecule has 1 aromatic carbocycles. The molecule has 2 rings (SSSR count). The van der Waals surface area contributed by atoms with Crippen molar-refractivity contribution in [1.82, 2.24) is 4.90 Å². The number of ether oxygens (including phenoxy) is 1. The Morgan fingerprint density at radius 3 is 2.34 bits per heavy atom. The molecule has 0 saturated heterocycles. The number of carbonyl (C=O) groups is 1. The molecule has 0 spiro atoms. The van der Waals surface area contributed by atoms with Gasteiger partial charge < -0.3 is 9.64 Å². The fourth-order valence-electron chi connectivity index (χ4n) is 4.24. The Morgan fingerprint density at radius 2 is 1.75 bits per heavy atom. The molecule has 0 fully saturated rings. The first-order valence-electron chi connectivity index (χ1n) is 11.9. The monoisotopic (exact) mass is 456 g/mol. The number of hydrogen-bond donors (Lipinski definition) is 0. The first kappa shape index (κ1) is 26.0. The zero-order valence-corrected chi connectivity index (χ0v) is 20.3. The van der Waals surface area contributed by atoms with E-state index in [4.69, 9.17) is 4.74 Å². The van der Waals surface area contributed by atoms with Gasteiger partial charge in [-0.05, 0) is 19.8 Å². The molecule has 2 unspecified atom stereocenters. The lowest BCUT2D eigenvalue weighted by molar-refractivity contribution is -0.778. The summed E-state index contributed by atoms with van der Waals surface area (Å²) >= 11 is 1.34. The molecule has 0 bridgehead atoms. The van der Waals surface area contributed by atoms with Crippen LogP contribution in [-0.2, 0) is 9.53 Å². The van der Waals surface area contributed by atoms with Crippen molar-refractivity contribution < 1.29 is 13.4 Å². The highest BCUT2D eigenvalue weighted by Crippen LogP contribution is 2.44. The molecule has 0 aromatic heterocycles. The molecule has 1 aliphatic heterocycles. The summed E-state index contributed by atoms with van der Waals surface area (Å²) in [5.41, 5.74) is 1.27. The van der Waals surface area contributed by atoms with Gasteiger partial charge in [0, 0.05) is 18.2 Å². The summed E-state index contributed by atoms with van der Waals surface area (Å²) in [7, 11) is 0. The zero-order valence-electron chi connectivity index (χ0n) is 19.5. The van der Waals surface area contributed by atoms with Gasteiger partial charge in [-0.3, -0.25) is 0 Å². The van der Waals surface area contributed by atoms with E-state index in [9.17, 15) is 10.1 Å². The van der Waals surface area contributed by atoms with Crippen LogP contribution in [-0.4, -0.2) is 34.5 Å². The molecule has 174 valence electrons. The molecule has 1 aromatic rings. The number of nitrogens with zero attached hydrogens (tertiary/aromatic N) is 3. The van der Waals surface area contributed by atoms with Crippen LogP contribution in [0.1, 0.15) is 76.4 Å². The minimum atomic E-state index is -0.326. The highest BCUT2D eigenvalue weighted by molar-refractivity contribution is 7.98. The van der Waals surface area contributed by atoms with Crippen LogP contribution < -0.4 is 0 Å². The summed E-state index contributed by atoms with van der Waals surface area (Å²) in [5, 5.41) is 11.7. The van der Waals surface area contributed by atoms with Crippen molar-refractivity contribution in [3.8, 4) is 5.40 Å². The van der Waals surface area contributed by atoms with Crippen molar-refractivity contribution in [2.24, 2.45) is 0 Å². The average molecular weight is 457 g/mol. The molecular formula is C26H38N3O2S+. The van der Waals surface area contributed by atoms with Crippen LogP contribution in [0.15, 0.2) is 55.4 Å². The van der Waals surface area contributed by atoms with E-state index >= 15 is 0 Å². The second kappa shape index (κ2) is 14.8. The lowest BCUT2D eigenvalue weighted by atomic mass is 10.1. The Hall–Kier alpha value is -2.23. The highest BCUT2D eigenvalue weighted by Gasteiger charge is 2.44. The summed E-state index contributed by atoms with van der Waals surface area (Å²) < 4.78 is 5.60. The maximum atomic E-state index is 11.0. The van der Waals surface area contributed by atoms with Crippen LogP contribution in [0.5, 0.6) is 0 Å². The van der Waals surface area contributed by atoms with E-state index in [1.165, 1.54) is 68.5 Å². The van der Waals surface area contributed by atoms with Gasteiger partial charge in [-0.25, -0.2) is 4.79 Å². The Morgan fingerprint density at radius 1 is 1.12 bits per heavy atom. The van der Waals surface area contributed by atoms with E-state index in [1.54, 1.807) is 0 Å². The fourth-order valence-corrected chi connectivity index (χ4v) is 4.98. The molecule has 32 heavy (non-hydrogen) atoms. The van der Waals surface area contributed by atoms with E-state index in [0.29, 0.717) is 10.5 Å². The molecule has 5 nitrogen and oxygen atoms in total. The summed E-state index contributed by atoms with van der Waals surface area (Å²) in [4.78, 5) is 13.4. The average Bonchev–Trinajstić information content (AvgIpc) is 3.18. The Kier molecular flexibility index (Phi) is 12.0. The number of benzene rings is 1. The zero-order chi connectivity index (χ0) is 23.1. The summed E-state index contributed by atoms with van der Waals surface area (Å²) in [5.74, 6) is -0.326. The third-order valence-electron chi connectivity index (χ3n) is 6.01. The van der Waals surface area contributed by atoms with Crippen molar-refractivity contribution in [1.29, 1.82) is 5.26 Å². The van der Waals surface area contributed by atoms with Gasteiger partial charge in [0.1, 0.15) is 6.20 Å². The molecule has 0 aliphatic carbocycles. The Labute approximate surface area is 198 Å². The van der Waals surface area contributed by atoms with Gasteiger partial charge in [0.05, 0.1) is 19.4 Å². The molecule has 1 aliphatic rings. The molecule has 0 saturated carbocycles. The van der Waals surface area contributed by atoms with Gasteiger partial charge in [-0.1, -0.05) is 81.9 Å². The predicted molar refractivity (Wildman–Crippen MR) is 132 cm³/mol. The van der Waals surface area contributed by atoms with Crippen LogP contribution in [0, 0.1) is 10.7 Å². The van der Waals surface area contributed by atoms with Crippen LogP contribution in [0.2, 0.25) is 0 Å². The number of quaternary nitrogens is 1. The van der Waals surface area contributed by atoms with Gasteiger partial charge in [0.15, 0.2) is 5.40 Å². The number of hydrogen-bond acceptors (Lipinski definition) is 5. The lowest BCUT2D eigenvalue weighted by Gasteiger charge is -2.36. The molecule has 1 heterocycles. The van der Waals surface area contributed by atoms with Crippen molar-refractivity contribution in [3.63, 3.8) is 0 Å². The highest BCUT2D eigenvalue weighted by atomic mass is 32.2. The van der Waals surface area contributed by atoms with Gasteiger partial charge in [0.2, 0.25) is 18.1 Å². The van der Waals surface area contributed by atoms with Crippen LogP contribution in [0.25, 0.3) is 0 Å². The van der Waals surface area contributed by atoms with Gasteiger partial charge >= 0.3 is 5.97 Å². The lowest BCUT2D eigenvalue weighted by Crippen LogP contribution is -2.42. The van der Waals surface area contributed by atoms with Gasteiger partial charge in [-0.15, -0.1) is 0 Å². The number of esters is 1. The van der Waals surface area contributed by atoms with Gasteiger partial charge in [-0.2, -0.15) is 9.15 Å². The molecule has 0 amide bonds. The van der Waals surface area contributed by atoms with E-state index in [1.807, 2.05) is 6.07 Å². The fraction of sp³-hybridized carbons (Fsp3) is 0.538. The normalized spacial score (nSPS) is 19.6. The second-order valence-electron chi connectivity index (χ2n) is 8.23. The summed E-state index contributed by atoms with van der Waals surface area (Å²) in [6.07, 6.45) is 16.5. The van der Waals surface area contributed by atoms with Crippen LogP contribution >= 0.6 is 11.9 Å². The van der Waals surface area contributed by atoms with Crippen molar-refractivity contribution in [2.45, 2.75) is 70.9 Å². The minimum Gasteiger partial charge on any atom is -0.463 e. The maximum absolute atomic E-state index is 11.0. The molecule has 0 radical (unpaired) electrons. The Bertz CT molecular complexity index is 762. The third kappa shape index (κ3) is 8.03. The van der Waals surface area contributed by atoms with E-state index < -0.39 is 0 Å². The quantitative estimate of drug-likeness (QED) is 0.0693. The third-order valence-corrected chi connectivity index (χ3v) is 7.01. The van der Waals surface area contributed by atoms with Crippen LogP contribution in [0.4, 0.5) is 0 Å². The molecular weight excluding hydrogens is 418 g/mol. The second-order valence-corrected chi connectivity index (χ2v) is 9.27. The van der Waals surface area contributed by atoms with Crippen molar-refractivity contribution in [2.75, 3.05) is 19.7 Å².